The molecule has 2 heterocycles. The van der Waals surface area contributed by atoms with E-state index in [1.165, 1.54) is 12.1 Å². The average molecular weight is 282 g/mol. The monoisotopic (exact) mass is 282 g/mol. The minimum atomic E-state index is -0.0779. The number of carbonyl (C=O) groups is 1. The standard InChI is InChI=1S/C14H22N2O2S/c1-10(2)13-15-12(9-19-13)8-16-6-4-5-11(7-16)14(17)18-3/h9-11H,4-8H2,1-3H3/t11-/m0/s1. The lowest BCUT2D eigenvalue weighted by Gasteiger charge is -2.30. The number of likely N-dealkylation sites (tertiary alicyclic amines) is 1. The van der Waals surface area contributed by atoms with E-state index in [1.807, 2.05) is 0 Å². The number of piperidine rings is 1. The van der Waals surface area contributed by atoms with Crippen LogP contribution in [0.4, 0.5) is 0 Å². The van der Waals surface area contributed by atoms with E-state index in [2.05, 4.69) is 29.1 Å². The lowest BCUT2D eigenvalue weighted by Crippen LogP contribution is -2.38. The van der Waals surface area contributed by atoms with Crippen LogP contribution < -0.4 is 0 Å². The summed E-state index contributed by atoms with van der Waals surface area (Å²) in [5, 5.41) is 3.33. The van der Waals surface area contributed by atoms with Crippen LogP contribution >= 0.6 is 11.3 Å². The van der Waals surface area contributed by atoms with Crippen molar-refractivity contribution in [3.8, 4) is 0 Å². The van der Waals surface area contributed by atoms with Gasteiger partial charge in [-0.05, 0) is 19.4 Å². The molecule has 2 rings (SSSR count). The van der Waals surface area contributed by atoms with Crippen molar-refractivity contribution in [2.75, 3.05) is 20.2 Å². The van der Waals surface area contributed by atoms with E-state index >= 15 is 0 Å². The molecule has 0 aliphatic carbocycles. The summed E-state index contributed by atoms with van der Waals surface area (Å²) in [6.07, 6.45) is 2.00. The van der Waals surface area contributed by atoms with Gasteiger partial charge in [-0.1, -0.05) is 13.8 Å². The highest BCUT2D eigenvalue weighted by Gasteiger charge is 2.26. The first kappa shape index (κ1) is 14.5. The number of thiazole rings is 1. The Hall–Kier alpha value is -0.940. The quantitative estimate of drug-likeness (QED) is 0.796. The Morgan fingerprint density at radius 3 is 3.05 bits per heavy atom. The molecule has 0 radical (unpaired) electrons. The van der Waals surface area contributed by atoms with Gasteiger partial charge in [-0.15, -0.1) is 11.3 Å². The average Bonchev–Trinajstić information content (AvgIpc) is 2.87. The second-order valence-electron chi connectivity index (χ2n) is 5.43. The van der Waals surface area contributed by atoms with Crippen LogP contribution in [0.3, 0.4) is 0 Å². The van der Waals surface area contributed by atoms with E-state index in [-0.39, 0.29) is 11.9 Å². The van der Waals surface area contributed by atoms with Crippen LogP contribution in [-0.4, -0.2) is 36.1 Å². The van der Waals surface area contributed by atoms with Gasteiger partial charge >= 0.3 is 5.97 Å². The first-order valence-corrected chi connectivity index (χ1v) is 7.72. The Morgan fingerprint density at radius 1 is 1.63 bits per heavy atom. The molecule has 1 atom stereocenters. The molecule has 1 saturated heterocycles. The molecule has 0 bridgehead atoms. The third-order valence-electron chi connectivity index (χ3n) is 3.49. The number of nitrogens with zero attached hydrogens (tertiary/aromatic N) is 2. The number of hydrogen-bond donors (Lipinski definition) is 0. The van der Waals surface area contributed by atoms with Gasteiger partial charge in [0.25, 0.3) is 0 Å². The minimum Gasteiger partial charge on any atom is -0.469 e. The Balaban J connectivity index is 1.92. The minimum absolute atomic E-state index is 0.0296. The van der Waals surface area contributed by atoms with Gasteiger partial charge in [0.1, 0.15) is 0 Å². The van der Waals surface area contributed by atoms with Crippen molar-refractivity contribution in [2.24, 2.45) is 5.92 Å². The van der Waals surface area contributed by atoms with Crippen LogP contribution in [0.5, 0.6) is 0 Å². The third-order valence-corrected chi connectivity index (χ3v) is 4.68. The molecule has 19 heavy (non-hydrogen) atoms. The van der Waals surface area contributed by atoms with E-state index in [4.69, 9.17) is 4.74 Å². The zero-order valence-corrected chi connectivity index (χ0v) is 12.7. The van der Waals surface area contributed by atoms with Gasteiger partial charge in [0, 0.05) is 24.4 Å². The Bertz CT molecular complexity index is 431. The first-order valence-electron chi connectivity index (χ1n) is 6.84. The molecular formula is C14H22N2O2S. The van der Waals surface area contributed by atoms with Crippen LogP contribution in [0, 0.1) is 5.92 Å². The van der Waals surface area contributed by atoms with Gasteiger partial charge in [-0.3, -0.25) is 9.69 Å². The summed E-state index contributed by atoms with van der Waals surface area (Å²) < 4.78 is 4.84. The van der Waals surface area contributed by atoms with Crippen LogP contribution in [0.15, 0.2) is 5.38 Å². The van der Waals surface area contributed by atoms with Gasteiger partial charge in [0.2, 0.25) is 0 Å². The fourth-order valence-electron chi connectivity index (χ4n) is 2.45. The summed E-state index contributed by atoms with van der Waals surface area (Å²) in [6.45, 7) is 7.01. The Morgan fingerprint density at radius 2 is 2.42 bits per heavy atom. The molecule has 1 aliphatic heterocycles. The van der Waals surface area contributed by atoms with Crippen molar-refractivity contribution >= 4 is 17.3 Å². The van der Waals surface area contributed by atoms with Crippen LogP contribution in [0.2, 0.25) is 0 Å². The SMILES string of the molecule is COC(=O)[C@H]1CCCN(Cc2csc(C(C)C)n2)C1. The molecule has 1 fully saturated rings. The predicted octanol–water partition coefficient (Wildman–Crippen LogP) is 2.65. The lowest BCUT2D eigenvalue weighted by molar-refractivity contribution is -0.147. The summed E-state index contributed by atoms with van der Waals surface area (Å²) >= 11 is 1.73. The van der Waals surface area contributed by atoms with Gasteiger partial charge in [0.15, 0.2) is 0 Å². The molecule has 1 aliphatic rings. The highest BCUT2D eigenvalue weighted by Crippen LogP contribution is 2.23. The van der Waals surface area contributed by atoms with Gasteiger partial charge in [0.05, 0.1) is 23.7 Å². The van der Waals surface area contributed by atoms with Crippen molar-refractivity contribution in [3.63, 3.8) is 0 Å². The zero-order valence-electron chi connectivity index (χ0n) is 11.9. The number of ether oxygens (including phenoxy) is 1. The second kappa shape index (κ2) is 6.48. The molecule has 1 aromatic rings. The second-order valence-corrected chi connectivity index (χ2v) is 6.32. The summed E-state index contributed by atoms with van der Waals surface area (Å²) in [5.74, 6) is 0.440. The van der Waals surface area contributed by atoms with E-state index in [0.29, 0.717) is 5.92 Å². The number of methoxy groups -OCH3 is 1. The van der Waals surface area contributed by atoms with Crippen LogP contribution in [0.1, 0.15) is 43.3 Å². The van der Waals surface area contributed by atoms with Crippen molar-refractivity contribution < 1.29 is 9.53 Å². The van der Waals surface area contributed by atoms with E-state index in [9.17, 15) is 4.79 Å². The molecular weight excluding hydrogens is 260 g/mol. The lowest BCUT2D eigenvalue weighted by atomic mass is 9.98. The molecule has 0 aromatic carbocycles. The highest BCUT2D eigenvalue weighted by atomic mass is 32.1. The normalized spacial score (nSPS) is 20.7. The molecule has 0 spiro atoms. The highest BCUT2D eigenvalue weighted by molar-refractivity contribution is 7.09. The van der Waals surface area contributed by atoms with Gasteiger partial charge < -0.3 is 4.74 Å². The maximum atomic E-state index is 11.6. The Labute approximate surface area is 118 Å². The number of esters is 1. The van der Waals surface area contributed by atoms with Crippen molar-refractivity contribution in [2.45, 2.75) is 39.2 Å². The molecule has 0 N–H and O–H groups in total. The molecule has 4 nitrogen and oxygen atoms in total. The first-order chi connectivity index (χ1) is 9.10. The summed E-state index contributed by atoms with van der Waals surface area (Å²) in [4.78, 5) is 18.6. The number of aromatic nitrogens is 1. The van der Waals surface area contributed by atoms with Crippen LogP contribution in [0.25, 0.3) is 0 Å². The van der Waals surface area contributed by atoms with Gasteiger partial charge in [-0.2, -0.15) is 0 Å². The van der Waals surface area contributed by atoms with E-state index in [0.717, 1.165) is 38.2 Å². The predicted molar refractivity (Wildman–Crippen MR) is 76.2 cm³/mol. The smallest absolute Gasteiger partial charge is 0.309 e. The van der Waals surface area contributed by atoms with E-state index in [1.54, 1.807) is 11.3 Å². The zero-order chi connectivity index (χ0) is 13.8. The molecule has 0 saturated carbocycles. The molecule has 1 aromatic heterocycles. The number of rotatable bonds is 4. The number of carbonyl (C=O) groups excluding carboxylic acids is 1. The summed E-state index contributed by atoms with van der Waals surface area (Å²) in [6, 6.07) is 0. The topological polar surface area (TPSA) is 42.4 Å². The Kier molecular flexibility index (Phi) is 4.93. The fourth-order valence-corrected chi connectivity index (χ4v) is 3.27. The summed E-state index contributed by atoms with van der Waals surface area (Å²) in [7, 11) is 1.47. The summed E-state index contributed by atoms with van der Waals surface area (Å²) in [5.41, 5.74) is 1.12. The molecule has 0 unspecified atom stereocenters. The fraction of sp³-hybridized carbons (Fsp3) is 0.714. The third kappa shape index (κ3) is 3.76. The van der Waals surface area contributed by atoms with Crippen LogP contribution in [-0.2, 0) is 16.1 Å². The maximum Gasteiger partial charge on any atom is 0.309 e. The van der Waals surface area contributed by atoms with Crippen molar-refractivity contribution in [3.05, 3.63) is 16.1 Å². The number of hydrogen-bond acceptors (Lipinski definition) is 5. The van der Waals surface area contributed by atoms with E-state index < -0.39 is 0 Å². The maximum absolute atomic E-state index is 11.6. The largest absolute Gasteiger partial charge is 0.469 e. The van der Waals surface area contributed by atoms with Crippen molar-refractivity contribution in [1.82, 2.24) is 9.88 Å². The van der Waals surface area contributed by atoms with Gasteiger partial charge in [-0.25, -0.2) is 4.98 Å². The molecule has 0 amide bonds. The molecule has 5 heteroatoms. The molecule has 106 valence electrons. The van der Waals surface area contributed by atoms with Crippen molar-refractivity contribution in [1.29, 1.82) is 0 Å².